The summed E-state index contributed by atoms with van der Waals surface area (Å²) < 4.78 is 0. The SMILES string of the molecule is CC(=O)N1CCN(C(=O)C2CCNC2)CCCC1c1ccc(Cl)cc1. The molecule has 2 fully saturated rings. The number of halogens is 1. The molecular weight excluding hydrogens is 338 g/mol. The highest BCUT2D eigenvalue weighted by atomic mass is 35.5. The Kier molecular flexibility index (Phi) is 5.97. The second-order valence-electron chi connectivity index (χ2n) is 6.94. The van der Waals surface area contributed by atoms with Crippen molar-refractivity contribution in [1.82, 2.24) is 15.1 Å². The second-order valence-corrected chi connectivity index (χ2v) is 7.37. The highest BCUT2D eigenvalue weighted by Crippen LogP contribution is 2.29. The highest BCUT2D eigenvalue weighted by Gasteiger charge is 2.30. The molecule has 3 rings (SSSR count). The molecule has 1 aromatic rings. The van der Waals surface area contributed by atoms with Crippen LogP contribution >= 0.6 is 11.6 Å². The van der Waals surface area contributed by atoms with Crippen LogP contribution in [0, 0.1) is 5.92 Å². The van der Waals surface area contributed by atoms with E-state index >= 15 is 0 Å². The van der Waals surface area contributed by atoms with Gasteiger partial charge >= 0.3 is 0 Å². The molecular formula is C19H26ClN3O2. The summed E-state index contributed by atoms with van der Waals surface area (Å²) in [7, 11) is 0. The van der Waals surface area contributed by atoms with Gasteiger partial charge in [-0.15, -0.1) is 0 Å². The summed E-state index contributed by atoms with van der Waals surface area (Å²) in [6.07, 6.45) is 2.66. The summed E-state index contributed by atoms with van der Waals surface area (Å²) in [6.45, 7) is 5.26. The fourth-order valence-electron chi connectivity index (χ4n) is 3.88. The van der Waals surface area contributed by atoms with Gasteiger partial charge in [0.2, 0.25) is 11.8 Å². The molecule has 6 heteroatoms. The Labute approximate surface area is 154 Å². The molecule has 2 saturated heterocycles. The molecule has 2 atom stereocenters. The summed E-state index contributed by atoms with van der Waals surface area (Å²) >= 11 is 5.99. The number of hydrogen-bond acceptors (Lipinski definition) is 3. The third kappa shape index (κ3) is 4.33. The molecule has 0 aromatic heterocycles. The molecule has 0 bridgehead atoms. The third-order valence-corrected chi connectivity index (χ3v) is 5.53. The molecule has 0 spiro atoms. The predicted molar refractivity (Wildman–Crippen MR) is 98.4 cm³/mol. The first kappa shape index (κ1) is 18.2. The van der Waals surface area contributed by atoms with Crippen molar-refractivity contribution in [3.05, 3.63) is 34.9 Å². The Morgan fingerprint density at radius 2 is 1.88 bits per heavy atom. The van der Waals surface area contributed by atoms with Crippen LogP contribution in [0.5, 0.6) is 0 Å². The Bertz CT molecular complexity index is 614. The first-order valence-electron chi connectivity index (χ1n) is 9.08. The van der Waals surface area contributed by atoms with E-state index < -0.39 is 0 Å². The lowest BCUT2D eigenvalue weighted by atomic mass is 9.98. The fourth-order valence-corrected chi connectivity index (χ4v) is 4.01. The van der Waals surface area contributed by atoms with E-state index in [-0.39, 0.29) is 23.8 Å². The van der Waals surface area contributed by atoms with Crippen LogP contribution in [0.4, 0.5) is 0 Å². The maximum atomic E-state index is 12.7. The van der Waals surface area contributed by atoms with Crippen LogP contribution in [0.2, 0.25) is 5.02 Å². The van der Waals surface area contributed by atoms with Crippen molar-refractivity contribution in [2.45, 2.75) is 32.2 Å². The van der Waals surface area contributed by atoms with Gasteiger partial charge < -0.3 is 15.1 Å². The number of benzene rings is 1. The average Bonchev–Trinajstić information content (AvgIpc) is 3.10. The van der Waals surface area contributed by atoms with Crippen molar-refractivity contribution in [3.8, 4) is 0 Å². The maximum absolute atomic E-state index is 12.7. The van der Waals surface area contributed by atoms with E-state index in [0.29, 0.717) is 18.1 Å². The summed E-state index contributed by atoms with van der Waals surface area (Å²) in [5, 5.41) is 3.96. The van der Waals surface area contributed by atoms with Gasteiger partial charge in [0.05, 0.1) is 12.0 Å². The average molecular weight is 364 g/mol. The Balaban J connectivity index is 1.72. The summed E-state index contributed by atoms with van der Waals surface area (Å²) in [5.74, 6) is 0.382. The van der Waals surface area contributed by atoms with Crippen LogP contribution in [0.25, 0.3) is 0 Å². The lowest BCUT2D eigenvalue weighted by Gasteiger charge is -2.37. The minimum atomic E-state index is 0.0526. The van der Waals surface area contributed by atoms with E-state index in [1.807, 2.05) is 34.1 Å². The highest BCUT2D eigenvalue weighted by molar-refractivity contribution is 6.30. The van der Waals surface area contributed by atoms with Crippen molar-refractivity contribution in [1.29, 1.82) is 0 Å². The number of nitrogens with zero attached hydrogens (tertiary/aromatic N) is 2. The van der Waals surface area contributed by atoms with Crippen LogP contribution in [-0.4, -0.2) is 54.3 Å². The Hall–Kier alpha value is -1.59. The topological polar surface area (TPSA) is 52.7 Å². The van der Waals surface area contributed by atoms with Gasteiger partial charge in [0, 0.05) is 38.1 Å². The second kappa shape index (κ2) is 8.19. The summed E-state index contributed by atoms with van der Waals surface area (Å²) in [5.41, 5.74) is 1.11. The molecule has 2 heterocycles. The number of hydrogen-bond donors (Lipinski definition) is 1. The van der Waals surface area contributed by atoms with Gasteiger partial charge in [-0.1, -0.05) is 23.7 Å². The Morgan fingerprint density at radius 3 is 2.52 bits per heavy atom. The normalized spacial score (nSPS) is 24.7. The molecule has 2 aliphatic rings. The molecule has 1 aromatic carbocycles. The number of amides is 2. The molecule has 5 nitrogen and oxygen atoms in total. The van der Waals surface area contributed by atoms with Crippen LogP contribution < -0.4 is 5.32 Å². The molecule has 2 aliphatic heterocycles. The zero-order chi connectivity index (χ0) is 17.8. The van der Waals surface area contributed by atoms with Crippen LogP contribution in [0.1, 0.15) is 37.8 Å². The van der Waals surface area contributed by atoms with E-state index in [9.17, 15) is 9.59 Å². The van der Waals surface area contributed by atoms with E-state index in [1.165, 1.54) is 0 Å². The van der Waals surface area contributed by atoms with Crippen molar-refractivity contribution in [2.24, 2.45) is 5.92 Å². The van der Waals surface area contributed by atoms with Crippen molar-refractivity contribution >= 4 is 23.4 Å². The molecule has 136 valence electrons. The van der Waals surface area contributed by atoms with E-state index in [4.69, 9.17) is 11.6 Å². The van der Waals surface area contributed by atoms with Gasteiger partial charge in [0.1, 0.15) is 0 Å². The first-order valence-corrected chi connectivity index (χ1v) is 9.46. The molecule has 1 N–H and O–H groups in total. The molecule has 0 radical (unpaired) electrons. The number of nitrogens with one attached hydrogen (secondary N) is 1. The quantitative estimate of drug-likeness (QED) is 0.878. The number of carbonyl (C=O) groups is 2. The van der Waals surface area contributed by atoms with Crippen molar-refractivity contribution in [2.75, 3.05) is 32.7 Å². The minimum Gasteiger partial charge on any atom is -0.341 e. The lowest BCUT2D eigenvalue weighted by molar-refractivity contribution is -0.139. The monoisotopic (exact) mass is 363 g/mol. The summed E-state index contributed by atoms with van der Waals surface area (Å²) in [4.78, 5) is 28.8. The molecule has 0 saturated carbocycles. The molecule has 2 unspecified atom stereocenters. The van der Waals surface area contributed by atoms with E-state index in [1.54, 1.807) is 6.92 Å². The fraction of sp³-hybridized carbons (Fsp3) is 0.579. The molecule has 0 aliphatic carbocycles. The zero-order valence-corrected chi connectivity index (χ0v) is 15.5. The van der Waals surface area contributed by atoms with E-state index in [0.717, 1.165) is 44.5 Å². The number of rotatable bonds is 2. The van der Waals surface area contributed by atoms with E-state index in [2.05, 4.69) is 5.32 Å². The first-order chi connectivity index (χ1) is 12.1. The molecule has 25 heavy (non-hydrogen) atoms. The maximum Gasteiger partial charge on any atom is 0.227 e. The standard InChI is InChI=1S/C19H26ClN3O2/c1-14(24)23-12-11-22(19(25)16-8-9-21-13-16)10-2-3-18(23)15-4-6-17(20)7-5-15/h4-7,16,18,21H,2-3,8-13H2,1H3. The van der Waals surface area contributed by atoms with Gasteiger partial charge in [-0.2, -0.15) is 0 Å². The van der Waals surface area contributed by atoms with Crippen LogP contribution in [0.15, 0.2) is 24.3 Å². The van der Waals surface area contributed by atoms with Gasteiger partial charge in [-0.3, -0.25) is 9.59 Å². The smallest absolute Gasteiger partial charge is 0.227 e. The van der Waals surface area contributed by atoms with Gasteiger partial charge in [-0.25, -0.2) is 0 Å². The predicted octanol–water partition coefficient (Wildman–Crippen LogP) is 2.46. The largest absolute Gasteiger partial charge is 0.341 e. The van der Waals surface area contributed by atoms with Gasteiger partial charge in [-0.05, 0) is 43.5 Å². The molecule has 2 amide bonds. The minimum absolute atomic E-state index is 0.0526. The Morgan fingerprint density at radius 1 is 1.12 bits per heavy atom. The van der Waals surface area contributed by atoms with Crippen molar-refractivity contribution in [3.63, 3.8) is 0 Å². The number of carbonyl (C=O) groups excluding carboxylic acids is 2. The third-order valence-electron chi connectivity index (χ3n) is 5.27. The van der Waals surface area contributed by atoms with Gasteiger partial charge in [0.25, 0.3) is 0 Å². The van der Waals surface area contributed by atoms with Crippen molar-refractivity contribution < 1.29 is 9.59 Å². The zero-order valence-electron chi connectivity index (χ0n) is 14.7. The summed E-state index contributed by atoms with van der Waals surface area (Å²) in [6, 6.07) is 7.79. The van der Waals surface area contributed by atoms with Crippen LogP contribution in [0.3, 0.4) is 0 Å². The van der Waals surface area contributed by atoms with Crippen LogP contribution in [-0.2, 0) is 9.59 Å². The lowest BCUT2D eigenvalue weighted by Crippen LogP contribution is -2.46. The van der Waals surface area contributed by atoms with Gasteiger partial charge in [0.15, 0.2) is 0 Å².